The van der Waals surface area contributed by atoms with Gasteiger partial charge in [0.2, 0.25) is 0 Å². The molecule has 1 unspecified atom stereocenters. The number of benzene rings is 1. The van der Waals surface area contributed by atoms with Crippen LogP contribution in [-0.4, -0.2) is 30.1 Å². The number of rotatable bonds is 7. The number of aliphatic hydroxyl groups excluding tert-OH is 1. The van der Waals surface area contributed by atoms with Gasteiger partial charge in [0, 0.05) is 28.7 Å². The minimum atomic E-state index is -0.727. The van der Waals surface area contributed by atoms with E-state index in [1.165, 1.54) is 4.88 Å². The number of nitrogens with one attached hydrogen (secondary N) is 2. The van der Waals surface area contributed by atoms with Gasteiger partial charge in [0.05, 0.1) is 0 Å². The normalized spacial score (nSPS) is 11.8. The average Bonchev–Trinajstić information content (AvgIpc) is 3.11. The Morgan fingerprint density at radius 3 is 2.68 bits per heavy atom. The second kappa shape index (κ2) is 9.56. The first kappa shape index (κ1) is 19.4. The second-order valence-corrected chi connectivity index (χ2v) is 7.07. The van der Waals surface area contributed by atoms with Gasteiger partial charge in [-0.3, -0.25) is 9.59 Å². The lowest BCUT2D eigenvalue weighted by atomic mass is 10.00. The molecular weight excluding hydrogens is 360 g/mol. The number of carbonyl (C=O) groups excluding carboxylic acids is 2. The molecule has 2 rings (SSSR count). The van der Waals surface area contributed by atoms with Crippen LogP contribution in [0.2, 0.25) is 5.02 Å². The zero-order valence-corrected chi connectivity index (χ0v) is 15.5. The molecule has 0 bridgehead atoms. The highest BCUT2D eigenvalue weighted by molar-refractivity contribution is 7.10. The highest BCUT2D eigenvalue weighted by Crippen LogP contribution is 2.26. The third kappa shape index (κ3) is 5.85. The van der Waals surface area contributed by atoms with Crippen molar-refractivity contribution < 1.29 is 14.7 Å². The molecule has 0 saturated heterocycles. The Hall–Kier alpha value is -1.89. The van der Waals surface area contributed by atoms with Crippen LogP contribution in [0.25, 0.3) is 0 Å². The van der Waals surface area contributed by atoms with Crippen molar-refractivity contribution in [1.29, 1.82) is 0 Å². The standard InChI is InChI=1S/C18H21ClN2O3S/c1-12-4-5-14(11-15(12)19)21-18(24)17(23)20-8-6-13(7-9-22)16-3-2-10-25-16/h2-5,10-11,13,22H,6-9H2,1H3,(H,20,23)(H,21,24). The number of carbonyl (C=O) groups is 2. The van der Waals surface area contributed by atoms with Crippen molar-refractivity contribution in [2.75, 3.05) is 18.5 Å². The SMILES string of the molecule is Cc1ccc(NC(=O)C(=O)NCCC(CCO)c2cccs2)cc1Cl. The third-order valence-electron chi connectivity index (χ3n) is 3.84. The summed E-state index contributed by atoms with van der Waals surface area (Å²) in [5.74, 6) is -1.25. The van der Waals surface area contributed by atoms with Gasteiger partial charge in [0.1, 0.15) is 0 Å². The smallest absolute Gasteiger partial charge is 0.313 e. The molecule has 0 radical (unpaired) electrons. The van der Waals surface area contributed by atoms with Crippen LogP contribution in [0.1, 0.15) is 29.2 Å². The summed E-state index contributed by atoms with van der Waals surface area (Å²) in [5, 5.41) is 16.8. The van der Waals surface area contributed by atoms with Crippen LogP contribution in [0.3, 0.4) is 0 Å². The lowest BCUT2D eigenvalue weighted by Gasteiger charge is -2.14. The van der Waals surface area contributed by atoms with Gasteiger partial charge in [0.15, 0.2) is 0 Å². The molecule has 0 fully saturated rings. The van der Waals surface area contributed by atoms with Gasteiger partial charge in [-0.25, -0.2) is 0 Å². The molecule has 0 aliphatic heterocycles. The van der Waals surface area contributed by atoms with E-state index < -0.39 is 11.8 Å². The molecule has 7 heteroatoms. The highest BCUT2D eigenvalue weighted by atomic mass is 35.5. The molecule has 0 aliphatic carbocycles. The van der Waals surface area contributed by atoms with Gasteiger partial charge in [-0.15, -0.1) is 11.3 Å². The van der Waals surface area contributed by atoms with Crippen molar-refractivity contribution in [3.63, 3.8) is 0 Å². The molecule has 2 amide bonds. The number of hydrogen-bond acceptors (Lipinski definition) is 4. The first-order valence-electron chi connectivity index (χ1n) is 8.01. The topological polar surface area (TPSA) is 78.4 Å². The largest absolute Gasteiger partial charge is 0.396 e. The second-order valence-electron chi connectivity index (χ2n) is 5.69. The molecule has 1 atom stereocenters. The first-order chi connectivity index (χ1) is 12.0. The van der Waals surface area contributed by atoms with Crippen LogP contribution in [-0.2, 0) is 9.59 Å². The molecule has 1 heterocycles. The maximum absolute atomic E-state index is 11.9. The average molecular weight is 381 g/mol. The number of aliphatic hydroxyl groups is 1. The van der Waals surface area contributed by atoms with E-state index in [2.05, 4.69) is 10.6 Å². The summed E-state index contributed by atoms with van der Waals surface area (Å²) in [6.07, 6.45) is 1.29. The Labute approximate surface area is 156 Å². The minimum absolute atomic E-state index is 0.0885. The number of halogens is 1. The van der Waals surface area contributed by atoms with Crippen LogP contribution in [0, 0.1) is 6.92 Å². The number of aryl methyl sites for hydroxylation is 1. The quantitative estimate of drug-likeness (QED) is 0.645. The van der Waals surface area contributed by atoms with Gasteiger partial charge < -0.3 is 15.7 Å². The van der Waals surface area contributed by atoms with E-state index in [4.69, 9.17) is 11.6 Å². The fourth-order valence-corrected chi connectivity index (χ4v) is 3.49. The lowest BCUT2D eigenvalue weighted by molar-refractivity contribution is -0.136. The van der Waals surface area contributed by atoms with Crippen molar-refractivity contribution in [3.05, 3.63) is 51.2 Å². The summed E-state index contributed by atoms with van der Waals surface area (Å²) in [6, 6.07) is 9.05. The third-order valence-corrected chi connectivity index (χ3v) is 5.28. The summed E-state index contributed by atoms with van der Waals surface area (Å²) in [7, 11) is 0. The highest BCUT2D eigenvalue weighted by Gasteiger charge is 2.16. The summed E-state index contributed by atoms with van der Waals surface area (Å²) < 4.78 is 0. The summed E-state index contributed by atoms with van der Waals surface area (Å²) in [6.45, 7) is 2.31. The Morgan fingerprint density at radius 1 is 1.24 bits per heavy atom. The number of thiophene rings is 1. The summed E-state index contributed by atoms with van der Waals surface area (Å²) in [4.78, 5) is 25.0. The summed E-state index contributed by atoms with van der Waals surface area (Å²) >= 11 is 7.63. The Morgan fingerprint density at radius 2 is 2.04 bits per heavy atom. The zero-order chi connectivity index (χ0) is 18.2. The molecule has 1 aromatic heterocycles. The molecule has 1 aromatic carbocycles. The van der Waals surface area contributed by atoms with Crippen LogP contribution in [0.5, 0.6) is 0 Å². The Balaban J connectivity index is 1.82. The van der Waals surface area contributed by atoms with E-state index >= 15 is 0 Å². The molecule has 134 valence electrons. The lowest BCUT2D eigenvalue weighted by Crippen LogP contribution is -2.36. The van der Waals surface area contributed by atoms with Crippen molar-refractivity contribution in [2.24, 2.45) is 0 Å². The van der Waals surface area contributed by atoms with E-state index in [1.807, 2.05) is 24.4 Å². The fraction of sp³-hybridized carbons (Fsp3) is 0.333. The van der Waals surface area contributed by atoms with Crippen molar-refractivity contribution in [2.45, 2.75) is 25.7 Å². The first-order valence-corrected chi connectivity index (χ1v) is 9.26. The van der Waals surface area contributed by atoms with Crippen molar-refractivity contribution >= 4 is 40.4 Å². The molecular formula is C18H21ClN2O3S. The van der Waals surface area contributed by atoms with E-state index in [1.54, 1.807) is 29.5 Å². The molecule has 0 spiro atoms. The van der Waals surface area contributed by atoms with Crippen molar-refractivity contribution in [1.82, 2.24) is 5.32 Å². The molecule has 0 aliphatic rings. The fourth-order valence-electron chi connectivity index (χ4n) is 2.41. The predicted molar refractivity (Wildman–Crippen MR) is 101 cm³/mol. The van der Waals surface area contributed by atoms with Crippen LogP contribution >= 0.6 is 22.9 Å². The van der Waals surface area contributed by atoms with E-state index in [0.717, 1.165) is 5.56 Å². The maximum atomic E-state index is 11.9. The Kier molecular flexibility index (Phi) is 7.43. The van der Waals surface area contributed by atoms with Crippen LogP contribution in [0.4, 0.5) is 5.69 Å². The molecule has 0 saturated carbocycles. The number of amides is 2. The zero-order valence-electron chi connectivity index (χ0n) is 13.9. The van der Waals surface area contributed by atoms with Gasteiger partial charge in [-0.05, 0) is 54.8 Å². The predicted octanol–water partition coefficient (Wildman–Crippen LogP) is 3.32. The monoisotopic (exact) mass is 380 g/mol. The minimum Gasteiger partial charge on any atom is -0.396 e. The van der Waals surface area contributed by atoms with E-state index in [0.29, 0.717) is 30.1 Å². The molecule has 2 aromatic rings. The van der Waals surface area contributed by atoms with Gasteiger partial charge in [-0.2, -0.15) is 0 Å². The van der Waals surface area contributed by atoms with Crippen molar-refractivity contribution in [3.8, 4) is 0 Å². The van der Waals surface area contributed by atoms with Gasteiger partial charge in [0.25, 0.3) is 0 Å². The van der Waals surface area contributed by atoms with Crippen LogP contribution in [0.15, 0.2) is 35.7 Å². The van der Waals surface area contributed by atoms with Gasteiger partial charge in [-0.1, -0.05) is 23.7 Å². The van der Waals surface area contributed by atoms with Gasteiger partial charge >= 0.3 is 11.8 Å². The number of hydrogen-bond donors (Lipinski definition) is 3. The molecule has 5 nitrogen and oxygen atoms in total. The van der Waals surface area contributed by atoms with E-state index in [-0.39, 0.29) is 12.5 Å². The van der Waals surface area contributed by atoms with Crippen LogP contribution < -0.4 is 10.6 Å². The number of anilines is 1. The van der Waals surface area contributed by atoms with E-state index in [9.17, 15) is 14.7 Å². The summed E-state index contributed by atoms with van der Waals surface area (Å²) in [5.41, 5.74) is 1.38. The molecule has 25 heavy (non-hydrogen) atoms. The Bertz CT molecular complexity index is 719. The maximum Gasteiger partial charge on any atom is 0.313 e. The molecule has 3 N–H and O–H groups in total.